The van der Waals surface area contributed by atoms with Crippen LogP contribution in [-0.2, 0) is 34.3 Å². The van der Waals surface area contributed by atoms with Gasteiger partial charge < -0.3 is 29.2 Å². The Kier molecular flexibility index (Phi) is 11.1. The van der Waals surface area contributed by atoms with Crippen molar-refractivity contribution < 1.29 is 38.7 Å². The molecule has 2 heterocycles. The Balaban J connectivity index is 0.000000233. The van der Waals surface area contributed by atoms with Crippen LogP contribution in [0.3, 0.4) is 0 Å². The zero-order chi connectivity index (χ0) is 23.4. The fourth-order valence-corrected chi connectivity index (χ4v) is 1.82. The van der Waals surface area contributed by atoms with Gasteiger partial charge in [0.2, 0.25) is 0 Å². The highest BCUT2D eigenvalue weighted by Crippen LogP contribution is 2.20. The minimum Gasteiger partial charge on any atom is -0.459 e. The molecule has 2 saturated heterocycles. The molecule has 0 spiro atoms. The van der Waals surface area contributed by atoms with Crippen molar-refractivity contribution in [2.24, 2.45) is 0 Å². The highest BCUT2D eigenvalue weighted by atomic mass is 16.6. The van der Waals surface area contributed by atoms with E-state index in [1.54, 1.807) is 45.0 Å². The van der Waals surface area contributed by atoms with Crippen molar-refractivity contribution in [1.82, 2.24) is 0 Å². The molecule has 2 N–H and O–H groups in total. The van der Waals surface area contributed by atoms with Gasteiger partial charge in [-0.1, -0.05) is 50.4 Å². The number of benzene rings is 1. The highest BCUT2D eigenvalue weighted by Gasteiger charge is 2.25. The Morgan fingerprint density at radius 2 is 1.35 bits per heavy atom. The standard InChI is InChI=1S/C9H12O2.2C7H10O3/c1-2-9(10,11)8-6-4-3-5-7-8;2*1-5(2)7(8)10-4-6-3-9-6/h3-7,10-11H,2H2,1H3;2*6H,1,3-4H2,2H3. The summed E-state index contributed by atoms with van der Waals surface area (Å²) in [6, 6.07) is 8.81. The third kappa shape index (κ3) is 12.0. The van der Waals surface area contributed by atoms with E-state index in [4.69, 9.17) is 18.9 Å². The molecule has 2 aliphatic rings. The number of aliphatic hydroxyl groups is 2. The molecule has 8 heteroatoms. The van der Waals surface area contributed by atoms with Gasteiger partial charge in [-0.05, 0) is 13.8 Å². The Morgan fingerprint density at radius 3 is 1.65 bits per heavy atom. The van der Waals surface area contributed by atoms with E-state index in [1.807, 2.05) is 6.07 Å². The summed E-state index contributed by atoms with van der Waals surface area (Å²) in [6.07, 6.45) is 0.586. The van der Waals surface area contributed by atoms with Crippen molar-refractivity contribution in [3.63, 3.8) is 0 Å². The maximum atomic E-state index is 10.7. The van der Waals surface area contributed by atoms with Gasteiger partial charge >= 0.3 is 11.9 Å². The first kappa shape index (κ1) is 26.5. The number of carbonyl (C=O) groups is 2. The van der Waals surface area contributed by atoms with E-state index < -0.39 is 5.79 Å². The number of hydrogen-bond donors (Lipinski definition) is 2. The van der Waals surface area contributed by atoms with Gasteiger partial charge in [0, 0.05) is 23.1 Å². The van der Waals surface area contributed by atoms with Crippen LogP contribution in [0, 0.1) is 0 Å². The molecule has 3 rings (SSSR count). The Labute approximate surface area is 183 Å². The summed E-state index contributed by atoms with van der Waals surface area (Å²) in [6.45, 7) is 14.0. The van der Waals surface area contributed by atoms with Gasteiger partial charge in [-0.15, -0.1) is 0 Å². The van der Waals surface area contributed by atoms with E-state index >= 15 is 0 Å². The van der Waals surface area contributed by atoms with E-state index in [9.17, 15) is 19.8 Å². The Bertz CT molecular complexity index is 695. The molecule has 8 nitrogen and oxygen atoms in total. The van der Waals surface area contributed by atoms with E-state index in [2.05, 4.69) is 13.2 Å². The quantitative estimate of drug-likeness (QED) is 0.276. The lowest BCUT2D eigenvalue weighted by atomic mass is 10.0. The average molecular weight is 437 g/mol. The minimum atomic E-state index is -1.67. The largest absolute Gasteiger partial charge is 0.459 e. The summed E-state index contributed by atoms with van der Waals surface area (Å²) >= 11 is 0. The van der Waals surface area contributed by atoms with Gasteiger partial charge in [0.05, 0.1) is 13.2 Å². The van der Waals surface area contributed by atoms with Crippen LogP contribution in [-0.4, -0.2) is 60.8 Å². The van der Waals surface area contributed by atoms with Crippen LogP contribution in [0.4, 0.5) is 0 Å². The van der Waals surface area contributed by atoms with Crippen LogP contribution >= 0.6 is 0 Å². The number of rotatable bonds is 8. The lowest BCUT2D eigenvalue weighted by Gasteiger charge is -2.19. The predicted molar refractivity (Wildman–Crippen MR) is 114 cm³/mol. The average Bonchev–Trinajstić information content (AvgIpc) is 3.66. The molecule has 0 bridgehead atoms. The predicted octanol–water partition coefficient (Wildman–Crippen LogP) is 2.24. The summed E-state index contributed by atoms with van der Waals surface area (Å²) in [5, 5.41) is 18.7. The monoisotopic (exact) mass is 436 g/mol. The molecule has 2 atom stereocenters. The maximum Gasteiger partial charge on any atom is 0.333 e. The number of esters is 2. The molecule has 172 valence electrons. The van der Waals surface area contributed by atoms with Gasteiger partial charge in [-0.25, -0.2) is 9.59 Å². The van der Waals surface area contributed by atoms with Crippen LogP contribution in [0.2, 0.25) is 0 Å². The Hall–Kier alpha value is -2.52. The molecule has 0 radical (unpaired) electrons. The summed E-state index contributed by atoms with van der Waals surface area (Å²) in [7, 11) is 0. The second-order valence-electron chi connectivity index (χ2n) is 7.20. The molecule has 0 aromatic heterocycles. The van der Waals surface area contributed by atoms with Crippen molar-refractivity contribution >= 4 is 11.9 Å². The highest BCUT2D eigenvalue weighted by molar-refractivity contribution is 5.87. The smallest absolute Gasteiger partial charge is 0.333 e. The van der Waals surface area contributed by atoms with Crippen molar-refractivity contribution in [2.75, 3.05) is 26.4 Å². The van der Waals surface area contributed by atoms with E-state index in [0.29, 0.717) is 49.6 Å². The molecule has 2 unspecified atom stereocenters. The topological polar surface area (TPSA) is 118 Å². The lowest BCUT2D eigenvalue weighted by Crippen LogP contribution is -2.23. The van der Waals surface area contributed by atoms with E-state index in [-0.39, 0.29) is 24.1 Å². The first-order chi connectivity index (χ1) is 14.6. The fourth-order valence-electron chi connectivity index (χ4n) is 1.82. The zero-order valence-electron chi connectivity index (χ0n) is 18.3. The molecule has 2 fully saturated rings. The van der Waals surface area contributed by atoms with Gasteiger partial charge in [0.15, 0.2) is 5.79 Å². The second kappa shape index (κ2) is 13.0. The second-order valence-corrected chi connectivity index (χ2v) is 7.20. The summed E-state index contributed by atoms with van der Waals surface area (Å²) < 4.78 is 19.2. The van der Waals surface area contributed by atoms with Crippen LogP contribution in [0.25, 0.3) is 0 Å². The number of ether oxygens (including phenoxy) is 4. The van der Waals surface area contributed by atoms with Gasteiger partial charge in [0.25, 0.3) is 0 Å². The first-order valence-corrected chi connectivity index (χ1v) is 9.95. The normalized spacial score (nSPS) is 18.2. The molecule has 31 heavy (non-hydrogen) atoms. The SMILES string of the molecule is C=C(C)C(=O)OCC1CO1.C=C(C)C(=O)OCC1CO1.CCC(O)(O)c1ccccc1. The minimum absolute atomic E-state index is 0.142. The first-order valence-electron chi connectivity index (χ1n) is 9.95. The number of carbonyl (C=O) groups excluding carboxylic acids is 2. The van der Waals surface area contributed by atoms with E-state index in [0.717, 1.165) is 0 Å². The molecular weight excluding hydrogens is 404 g/mol. The molecule has 1 aromatic rings. The van der Waals surface area contributed by atoms with Crippen LogP contribution in [0.1, 0.15) is 32.8 Å². The van der Waals surface area contributed by atoms with E-state index in [1.165, 1.54) is 0 Å². The Morgan fingerprint density at radius 1 is 0.968 bits per heavy atom. The van der Waals surface area contributed by atoms with Crippen LogP contribution in [0.5, 0.6) is 0 Å². The van der Waals surface area contributed by atoms with Crippen molar-refractivity contribution in [3.8, 4) is 0 Å². The van der Waals surface area contributed by atoms with Crippen LogP contribution < -0.4 is 0 Å². The molecule has 0 saturated carbocycles. The maximum absolute atomic E-state index is 10.7. The molecule has 0 amide bonds. The van der Waals surface area contributed by atoms with Gasteiger partial charge in [-0.3, -0.25) is 0 Å². The summed E-state index contributed by atoms with van der Waals surface area (Å²) in [4.78, 5) is 21.4. The van der Waals surface area contributed by atoms with Gasteiger partial charge in [0.1, 0.15) is 25.4 Å². The zero-order valence-corrected chi connectivity index (χ0v) is 18.3. The summed E-state index contributed by atoms with van der Waals surface area (Å²) in [5.41, 5.74) is 1.41. The third-order valence-electron chi connectivity index (χ3n) is 4.03. The lowest BCUT2D eigenvalue weighted by molar-refractivity contribution is -0.171. The summed E-state index contributed by atoms with van der Waals surface area (Å²) in [5.74, 6) is -2.34. The number of epoxide rings is 2. The molecule has 1 aromatic carbocycles. The molecular formula is C23H32O8. The van der Waals surface area contributed by atoms with Crippen LogP contribution in [0.15, 0.2) is 54.6 Å². The number of hydrogen-bond acceptors (Lipinski definition) is 8. The molecule has 2 aliphatic heterocycles. The fraction of sp³-hybridized carbons (Fsp3) is 0.478. The third-order valence-corrected chi connectivity index (χ3v) is 4.03. The van der Waals surface area contributed by atoms with Crippen molar-refractivity contribution in [1.29, 1.82) is 0 Å². The van der Waals surface area contributed by atoms with Crippen molar-refractivity contribution in [2.45, 2.75) is 45.2 Å². The van der Waals surface area contributed by atoms with Gasteiger partial charge in [-0.2, -0.15) is 0 Å². The molecule has 0 aliphatic carbocycles. The van der Waals surface area contributed by atoms with Crippen molar-refractivity contribution in [3.05, 3.63) is 60.2 Å².